The summed E-state index contributed by atoms with van der Waals surface area (Å²) in [4.78, 5) is 20.6. The number of rotatable bonds is 5. The van der Waals surface area contributed by atoms with Gasteiger partial charge in [0.25, 0.3) is 6.02 Å². The highest BCUT2D eigenvalue weighted by Gasteiger charge is 2.47. The Morgan fingerprint density at radius 1 is 1.12 bits per heavy atom. The Hall–Kier alpha value is -3.34. The standard InChI is InChI=1S/C29H39FN4O5S/c1-20(23-9-7-8-10-24(23)30)31-26-32-40(36,37)25(29(5,6)38-26)19-21-11-13-22(14-12-21)33-15-17-34(18-16-33)27(35)39-28(2,3)4/h7-14,20,25H,15-19H2,1-6H3,(H,31,32). The number of ether oxygens (including phenoxy) is 2. The molecular formula is C29H39FN4O5S. The van der Waals surface area contributed by atoms with Crippen LogP contribution in [0, 0.1) is 5.82 Å². The zero-order valence-electron chi connectivity index (χ0n) is 24.0. The van der Waals surface area contributed by atoms with Crippen molar-refractivity contribution >= 4 is 27.8 Å². The van der Waals surface area contributed by atoms with Crippen LogP contribution in [0.2, 0.25) is 0 Å². The number of aliphatic imine (C=N–C) groups is 1. The van der Waals surface area contributed by atoms with Crippen LogP contribution in [0.15, 0.2) is 53.5 Å². The van der Waals surface area contributed by atoms with E-state index in [2.05, 4.69) is 14.6 Å². The Kier molecular flexibility index (Phi) is 8.35. The molecule has 2 aliphatic heterocycles. The highest BCUT2D eigenvalue weighted by molar-refractivity contribution is 7.90. The maximum absolute atomic E-state index is 14.2. The minimum absolute atomic E-state index is 0.141. The SMILES string of the molecule is CC(N=C1NS(=O)(=O)C(Cc2ccc(N3CCN(C(=O)OC(C)(C)C)CC3)cc2)C(C)(C)O1)c1ccccc1F. The van der Waals surface area contributed by atoms with Crippen LogP contribution in [0.1, 0.15) is 58.7 Å². The molecule has 0 aliphatic carbocycles. The van der Waals surface area contributed by atoms with E-state index in [0.29, 0.717) is 31.7 Å². The molecular weight excluding hydrogens is 535 g/mol. The third-order valence-electron chi connectivity index (χ3n) is 7.06. The summed E-state index contributed by atoms with van der Waals surface area (Å²) in [7, 11) is -3.83. The minimum Gasteiger partial charge on any atom is -0.457 e. The normalized spacial score (nSPS) is 22.3. The summed E-state index contributed by atoms with van der Waals surface area (Å²) in [5.74, 6) is -0.413. The number of nitrogens with one attached hydrogen (secondary N) is 1. The predicted molar refractivity (Wildman–Crippen MR) is 153 cm³/mol. The van der Waals surface area contributed by atoms with Crippen LogP contribution in [-0.4, -0.2) is 68.1 Å². The maximum atomic E-state index is 14.2. The van der Waals surface area contributed by atoms with Crippen molar-refractivity contribution < 1.29 is 27.1 Å². The van der Waals surface area contributed by atoms with Crippen LogP contribution in [0.4, 0.5) is 14.9 Å². The lowest BCUT2D eigenvalue weighted by Crippen LogP contribution is -2.59. The number of carbonyl (C=O) groups excluding carboxylic acids is 1. The van der Waals surface area contributed by atoms with E-state index in [1.807, 2.05) is 45.0 Å². The highest BCUT2D eigenvalue weighted by Crippen LogP contribution is 2.31. The molecule has 40 heavy (non-hydrogen) atoms. The van der Waals surface area contributed by atoms with Crippen molar-refractivity contribution in [3.63, 3.8) is 0 Å². The first kappa shape index (κ1) is 29.6. The lowest BCUT2D eigenvalue weighted by molar-refractivity contribution is 0.0240. The molecule has 2 aromatic rings. The van der Waals surface area contributed by atoms with E-state index in [-0.39, 0.29) is 18.5 Å². The van der Waals surface area contributed by atoms with Crippen LogP contribution >= 0.6 is 0 Å². The van der Waals surface area contributed by atoms with Gasteiger partial charge >= 0.3 is 6.09 Å². The molecule has 9 nitrogen and oxygen atoms in total. The highest BCUT2D eigenvalue weighted by atomic mass is 32.2. The number of hydrogen-bond donors (Lipinski definition) is 1. The second kappa shape index (κ2) is 11.3. The Bertz CT molecular complexity index is 1350. The first-order valence-electron chi connectivity index (χ1n) is 13.5. The molecule has 218 valence electrons. The van der Waals surface area contributed by atoms with Crippen molar-refractivity contribution in [3.8, 4) is 0 Å². The zero-order chi connectivity index (χ0) is 29.3. The number of piperazine rings is 1. The third-order valence-corrected chi connectivity index (χ3v) is 9.00. The molecule has 2 aromatic carbocycles. The molecule has 2 saturated heterocycles. The van der Waals surface area contributed by atoms with Crippen LogP contribution in [-0.2, 0) is 25.9 Å². The Morgan fingerprint density at radius 3 is 2.33 bits per heavy atom. The summed E-state index contributed by atoms with van der Waals surface area (Å²) in [5.41, 5.74) is 0.602. The summed E-state index contributed by atoms with van der Waals surface area (Å²) in [6.07, 6.45) is -0.0601. The molecule has 2 aliphatic rings. The molecule has 1 N–H and O–H groups in total. The molecule has 0 aromatic heterocycles. The molecule has 2 heterocycles. The quantitative estimate of drug-likeness (QED) is 0.559. The van der Waals surface area contributed by atoms with Gasteiger partial charge in [0.05, 0.1) is 6.04 Å². The summed E-state index contributed by atoms with van der Waals surface area (Å²) in [6.45, 7) is 13.2. The van der Waals surface area contributed by atoms with Gasteiger partial charge in [0.2, 0.25) is 10.0 Å². The number of carbonyl (C=O) groups is 1. The summed E-state index contributed by atoms with van der Waals surface area (Å²) < 4.78 is 54.7. The van der Waals surface area contributed by atoms with Gasteiger partial charge in [0, 0.05) is 37.4 Å². The van der Waals surface area contributed by atoms with Crippen molar-refractivity contribution in [2.24, 2.45) is 4.99 Å². The molecule has 0 saturated carbocycles. The number of amidine groups is 1. The average Bonchev–Trinajstić information content (AvgIpc) is 2.85. The van der Waals surface area contributed by atoms with Gasteiger partial charge in [-0.15, -0.1) is 0 Å². The molecule has 2 fully saturated rings. The lowest BCUT2D eigenvalue weighted by Gasteiger charge is -2.39. The van der Waals surface area contributed by atoms with Gasteiger partial charge < -0.3 is 19.3 Å². The van der Waals surface area contributed by atoms with E-state index < -0.39 is 38.3 Å². The van der Waals surface area contributed by atoms with Gasteiger partial charge in [-0.05, 0) is 71.7 Å². The van der Waals surface area contributed by atoms with Gasteiger partial charge in [-0.2, -0.15) is 0 Å². The van der Waals surface area contributed by atoms with Crippen molar-refractivity contribution in [2.75, 3.05) is 31.1 Å². The summed E-state index contributed by atoms with van der Waals surface area (Å²) in [5, 5.41) is -0.869. The first-order valence-corrected chi connectivity index (χ1v) is 15.0. The van der Waals surface area contributed by atoms with Crippen molar-refractivity contribution in [2.45, 2.75) is 70.5 Å². The number of benzene rings is 2. The molecule has 1 amide bonds. The van der Waals surface area contributed by atoms with Crippen molar-refractivity contribution in [1.82, 2.24) is 9.62 Å². The fourth-order valence-corrected chi connectivity index (χ4v) is 6.59. The second-order valence-corrected chi connectivity index (χ2v) is 13.7. The van der Waals surface area contributed by atoms with Gasteiger partial charge in [0.15, 0.2) is 0 Å². The number of sulfonamides is 1. The molecule has 0 bridgehead atoms. The zero-order valence-corrected chi connectivity index (χ0v) is 24.8. The number of nitrogens with zero attached hydrogens (tertiary/aromatic N) is 3. The number of hydrogen-bond acceptors (Lipinski definition) is 7. The Morgan fingerprint density at radius 2 is 1.75 bits per heavy atom. The second-order valence-electron chi connectivity index (χ2n) is 11.8. The van der Waals surface area contributed by atoms with E-state index in [1.54, 1.807) is 43.9 Å². The van der Waals surface area contributed by atoms with Crippen LogP contribution in [0.25, 0.3) is 0 Å². The molecule has 11 heteroatoms. The summed E-state index contributed by atoms with van der Waals surface area (Å²) in [6, 6.07) is 13.3. The topological polar surface area (TPSA) is 101 Å². The van der Waals surface area contributed by atoms with Crippen molar-refractivity contribution in [1.29, 1.82) is 0 Å². The van der Waals surface area contributed by atoms with Gasteiger partial charge in [0.1, 0.15) is 22.3 Å². The lowest BCUT2D eigenvalue weighted by atomic mass is 9.97. The van der Waals surface area contributed by atoms with Crippen molar-refractivity contribution in [3.05, 3.63) is 65.5 Å². The van der Waals surface area contributed by atoms with Gasteiger partial charge in [-0.1, -0.05) is 30.3 Å². The van der Waals surface area contributed by atoms with E-state index in [9.17, 15) is 17.6 Å². The maximum Gasteiger partial charge on any atom is 0.410 e. The first-order chi connectivity index (χ1) is 18.6. The van der Waals surface area contributed by atoms with E-state index in [1.165, 1.54) is 6.07 Å². The third kappa shape index (κ3) is 7.04. The number of halogens is 1. The fraction of sp³-hybridized carbons (Fsp3) is 0.517. The van der Waals surface area contributed by atoms with Gasteiger partial charge in [-0.3, -0.25) is 0 Å². The molecule has 0 spiro atoms. The van der Waals surface area contributed by atoms with E-state index >= 15 is 0 Å². The average molecular weight is 575 g/mol. The Balaban J connectivity index is 1.39. The number of anilines is 1. The van der Waals surface area contributed by atoms with E-state index in [0.717, 1.165) is 11.3 Å². The Labute approximate surface area is 236 Å². The smallest absolute Gasteiger partial charge is 0.410 e. The molecule has 4 rings (SSSR count). The predicted octanol–water partition coefficient (Wildman–Crippen LogP) is 4.64. The minimum atomic E-state index is -3.83. The van der Waals surface area contributed by atoms with Crippen LogP contribution in [0.5, 0.6) is 0 Å². The fourth-order valence-electron chi connectivity index (χ4n) is 4.90. The molecule has 2 atom stereocenters. The van der Waals surface area contributed by atoms with Gasteiger partial charge in [-0.25, -0.2) is 27.3 Å². The monoisotopic (exact) mass is 574 g/mol. The molecule has 2 unspecified atom stereocenters. The van der Waals surface area contributed by atoms with E-state index in [4.69, 9.17) is 9.47 Å². The summed E-state index contributed by atoms with van der Waals surface area (Å²) >= 11 is 0. The number of amides is 1. The van der Waals surface area contributed by atoms with Crippen LogP contribution in [0.3, 0.4) is 0 Å². The van der Waals surface area contributed by atoms with Crippen LogP contribution < -0.4 is 9.62 Å². The molecule has 0 radical (unpaired) electrons. The largest absolute Gasteiger partial charge is 0.457 e.